The molecular weight excluding hydrogens is 260 g/mol. The van der Waals surface area contributed by atoms with Gasteiger partial charge >= 0.3 is 5.97 Å². The van der Waals surface area contributed by atoms with Crippen molar-refractivity contribution in [3.63, 3.8) is 0 Å². The summed E-state index contributed by atoms with van der Waals surface area (Å²) in [6, 6.07) is 0. The van der Waals surface area contributed by atoms with E-state index < -0.39 is 11.6 Å². The number of rotatable bonds is 4. The lowest BCUT2D eigenvalue weighted by molar-refractivity contribution is -0.140. The lowest BCUT2D eigenvalue weighted by atomic mass is 9.70. The molecule has 0 aliphatic heterocycles. The topological polar surface area (TPSA) is 74.5 Å². The summed E-state index contributed by atoms with van der Waals surface area (Å²) in [6.45, 7) is 4.51. The quantitative estimate of drug-likeness (QED) is 0.788. The van der Waals surface area contributed by atoms with Gasteiger partial charge in [0.25, 0.3) is 0 Å². The van der Waals surface area contributed by atoms with E-state index in [0.717, 1.165) is 25.7 Å². The molecule has 0 radical (unpaired) electrons. The third-order valence-electron chi connectivity index (χ3n) is 4.20. The summed E-state index contributed by atoms with van der Waals surface area (Å²) < 4.78 is 15.4. The molecule has 1 aliphatic carbocycles. The summed E-state index contributed by atoms with van der Waals surface area (Å²) in [5.41, 5.74) is -0.173. The third kappa shape index (κ3) is 3.00. The highest BCUT2D eigenvalue weighted by molar-refractivity contribution is 5.71. The molecule has 0 unspecified atom stereocenters. The van der Waals surface area contributed by atoms with Crippen LogP contribution in [0.1, 0.15) is 51.2 Å². The summed E-state index contributed by atoms with van der Waals surface area (Å²) in [7, 11) is 3.01. The number of hydrogen-bond acceptors (Lipinski definition) is 6. The van der Waals surface area contributed by atoms with Crippen molar-refractivity contribution in [2.75, 3.05) is 14.2 Å². The molecule has 1 saturated carbocycles. The molecule has 0 amide bonds. The average molecular weight is 282 g/mol. The van der Waals surface area contributed by atoms with E-state index in [9.17, 15) is 4.79 Å². The minimum Gasteiger partial charge on any atom is -0.469 e. The van der Waals surface area contributed by atoms with Crippen LogP contribution >= 0.6 is 0 Å². The van der Waals surface area contributed by atoms with Crippen molar-refractivity contribution >= 4 is 5.97 Å². The van der Waals surface area contributed by atoms with Crippen molar-refractivity contribution in [2.24, 2.45) is 5.41 Å². The summed E-state index contributed by atoms with van der Waals surface area (Å²) in [6.07, 6.45) is 3.79. The van der Waals surface area contributed by atoms with Crippen molar-refractivity contribution in [2.45, 2.75) is 51.6 Å². The van der Waals surface area contributed by atoms with Gasteiger partial charge in [0.15, 0.2) is 0 Å². The van der Waals surface area contributed by atoms with Gasteiger partial charge in [0.2, 0.25) is 11.7 Å². The molecule has 0 aromatic carbocycles. The van der Waals surface area contributed by atoms with Crippen LogP contribution in [0.5, 0.6) is 0 Å². The van der Waals surface area contributed by atoms with Crippen LogP contribution in [-0.4, -0.2) is 30.3 Å². The second-order valence-electron chi connectivity index (χ2n) is 6.13. The number of ether oxygens (including phenoxy) is 2. The molecule has 6 nitrogen and oxygen atoms in total. The van der Waals surface area contributed by atoms with Gasteiger partial charge in [0.05, 0.1) is 7.11 Å². The molecule has 1 aromatic rings. The fourth-order valence-electron chi connectivity index (χ4n) is 2.56. The summed E-state index contributed by atoms with van der Waals surface area (Å²) in [4.78, 5) is 15.5. The molecule has 20 heavy (non-hydrogen) atoms. The fourth-order valence-corrected chi connectivity index (χ4v) is 2.56. The number of methoxy groups -OCH3 is 2. The van der Waals surface area contributed by atoms with E-state index in [4.69, 9.17) is 9.26 Å². The molecular formula is C14H22N2O4. The first kappa shape index (κ1) is 15.0. The maximum Gasteiger partial charge on any atom is 0.315 e. The fraction of sp³-hybridized carbons (Fsp3) is 0.786. The Kier molecular flexibility index (Phi) is 4.13. The maximum atomic E-state index is 11.2. The summed E-state index contributed by atoms with van der Waals surface area (Å²) in [5, 5.41) is 4.00. The van der Waals surface area contributed by atoms with E-state index in [1.807, 2.05) is 0 Å². The highest BCUT2D eigenvalue weighted by Crippen LogP contribution is 2.46. The van der Waals surface area contributed by atoms with Gasteiger partial charge in [-0.2, -0.15) is 4.98 Å². The van der Waals surface area contributed by atoms with Crippen LogP contribution in [0.3, 0.4) is 0 Å². The Labute approximate surface area is 118 Å². The van der Waals surface area contributed by atoms with Crippen molar-refractivity contribution in [3.05, 3.63) is 11.7 Å². The predicted molar refractivity (Wildman–Crippen MR) is 71.0 cm³/mol. The molecule has 1 fully saturated rings. The number of nitrogens with zero attached hydrogens (tertiary/aromatic N) is 2. The van der Waals surface area contributed by atoms with Crippen LogP contribution in [0.4, 0.5) is 0 Å². The smallest absolute Gasteiger partial charge is 0.315 e. The Balaban J connectivity index is 2.14. The molecule has 0 spiro atoms. The van der Waals surface area contributed by atoms with E-state index in [-0.39, 0.29) is 12.3 Å². The molecule has 2 rings (SSSR count). The van der Waals surface area contributed by atoms with Crippen LogP contribution in [0, 0.1) is 5.41 Å². The van der Waals surface area contributed by atoms with Gasteiger partial charge in [0.1, 0.15) is 12.0 Å². The SMILES string of the molecule is COC(=O)Cc1nc(C2(OC)CCC(C)(C)CC2)no1. The molecule has 0 saturated heterocycles. The lowest BCUT2D eigenvalue weighted by Gasteiger charge is -2.40. The minimum absolute atomic E-state index is 0.00517. The van der Waals surface area contributed by atoms with Gasteiger partial charge in [-0.25, -0.2) is 0 Å². The number of esters is 1. The van der Waals surface area contributed by atoms with Crippen LogP contribution in [-0.2, 0) is 26.3 Å². The maximum absolute atomic E-state index is 11.2. The second-order valence-corrected chi connectivity index (χ2v) is 6.13. The van der Waals surface area contributed by atoms with E-state index >= 15 is 0 Å². The normalized spacial score (nSPS) is 20.6. The van der Waals surface area contributed by atoms with Gasteiger partial charge in [0, 0.05) is 7.11 Å². The Morgan fingerprint density at radius 3 is 2.45 bits per heavy atom. The predicted octanol–water partition coefficient (Wildman–Crippen LogP) is 2.23. The van der Waals surface area contributed by atoms with Crippen LogP contribution in [0.15, 0.2) is 4.52 Å². The van der Waals surface area contributed by atoms with E-state index in [1.54, 1.807) is 7.11 Å². The van der Waals surface area contributed by atoms with Crippen molar-refractivity contribution in [3.8, 4) is 0 Å². The van der Waals surface area contributed by atoms with Crippen molar-refractivity contribution in [1.82, 2.24) is 10.1 Å². The zero-order valence-electron chi connectivity index (χ0n) is 12.6. The zero-order chi connectivity index (χ0) is 14.8. The van der Waals surface area contributed by atoms with E-state index in [0.29, 0.717) is 11.2 Å². The van der Waals surface area contributed by atoms with Gasteiger partial charge in [-0.15, -0.1) is 0 Å². The zero-order valence-corrected chi connectivity index (χ0v) is 12.6. The molecule has 1 heterocycles. The Morgan fingerprint density at radius 1 is 1.25 bits per heavy atom. The summed E-state index contributed by atoms with van der Waals surface area (Å²) in [5.74, 6) is 0.416. The van der Waals surface area contributed by atoms with Crippen molar-refractivity contribution < 1.29 is 18.8 Å². The molecule has 0 bridgehead atoms. The largest absolute Gasteiger partial charge is 0.469 e. The van der Waals surface area contributed by atoms with Crippen LogP contribution in [0.2, 0.25) is 0 Å². The summed E-state index contributed by atoms with van der Waals surface area (Å²) >= 11 is 0. The number of hydrogen-bond donors (Lipinski definition) is 0. The van der Waals surface area contributed by atoms with Gasteiger partial charge in [-0.05, 0) is 31.1 Å². The van der Waals surface area contributed by atoms with Gasteiger partial charge in [-0.3, -0.25) is 4.79 Å². The first-order valence-corrected chi connectivity index (χ1v) is 6.86. The third-order valence-corrected chi connectivity index (χ3v) is 4.20. The van der Waals surface area contributed by atoms with E-state index in [1.165, 1.54) is 7.11 Å². The highest BCUT2D eigenvalue weighted by atomic mass is 16.5. The molecule has 112 valence electrons. The second kappa shape index (κ2) is 5.52. The van der Waals surface area contributed by atoms with Gasteiger partial charge in [-0.1, -0.05) is 19.0 Å². The molecule has 1 aromatic heterocycles. The molecule has 0 N–H and O–H groups in total. The monoisotopic (exact) mass is 282 g/mol. The Hall–Kier alpha value is -1.43. The number of carbonyl (C=O) groups excluding carboxylic acids is 1. The molecule has 6 heteroatoms. The van der Waals surface area contributed by atoms with E-state index in [2.05, 4.69) is 28.7 Å². The van der Waals surface area contributed by atoms with Crippen molar-refractivity contribution in [1.29, 1.82) is 0 Å². The average Bonchev–Trinajstić information content (AvgIpc) is 2.88. The first-order valence-electron chi connectivity index (χ1n) is 6.86. The standard InChI is InChI=1S/C14H22N2O4/c1-13(2)5-7-14(19-4,8-6-13)12-15-10(20-16-12)9-11(17)18-3/h5-9H2,1-4H3. The minimum atomic E-state index is -0.493. The number of aromatic nitrogens is 2. The van der Waals surface area contributed by atoms with Crippen LogP contribution in [0.25, 0.3) is 0 Å². The first-order chi connectivity index (χ1) is 9.41. The van der Waals surface area contributed by atoms with Crippen LogP contribution < -0.4 is 0 Å². The molecule has 1 aliphatic rings. The Bertz CT molecular complexity index is 471. The van der Waals surface area contributed by atoms with Gasteiger partial charge < -0.3 is 14.0 Å². The molecule has 0 atom stereocenters. The lowest BCUT2D eigenvalue weighted by Crippen LogP contribution is -2.37. The number of carbonyl (C=O) groups is 1. The highest BCUT2D eigenvalue weighted by Gasteiger charge is 2.43. The Morgan fingerprint density at radius 2 is 1.90 bits per heavy atom.